The quantitative estimate of drug-likeness (QED) is 0.271. The lowest BCUT2D eigenvalue weighted by Gasteiger charge is -2.15. The number of hydrogen-bond donors (Lipinski definition) is 2. The minimum Gasteiger partial charge on any atom is -0.497 e. The van der Waals surface area contributed by atoms with Crippen molar-refractivity contribution < 1.29 is 9.47 Å². The maximum Gasteiger partial charge on any atom is 0.218 e. The number of benzene rings is 2. The van der Waals surface area contributed by atoms with Crippen LogP contribution in [0.25, 0.3) is 33.6 Å². The summed E-state index contributed by atoms with van der Waals surface area (Å²) in [5.74, 6) is 1.30. The molecule has 0 aliphatic carbocycles. The van der Waals surface area contributed by atoms with Gasteiger partial charge in [-0.05, 0) is 50.0 Å². The normalized spacial score (nSPS) is 10.9. The molecule has 0 unspecified atom stereocenters. The average Bonchev–Trinajstić information content (AvgIpc) is 2.89. The Hall–Kier alpha value is -3.16. The van der Waals surface area contributed by atoms with E-state index in [1.807, 2.05) is 62.6 Å². The number of aromatic nitrogens is 2. The van der Waals surface area contributed by atoms with Crippen LogP contribution < -0.4 is 20.1 Å². The standard InChI is InChI=1S/C28H28Cl2N4O2/c1-31-15-17-12-19(14-20(13-17)35-3)27-26(30)22(10-11-33-27)21-6-5-7-23(25(21)29)24-9-8-18(16-32-2)28(34-24)36-4/h5-14,31-32H,15-16H2,1-4H3. The van der Waals surface area contributed by atoms with Crippen molar-refractivity contribution >= 4 is 23.2 Å². The zero-order valence-corrected chi connectivity index (χ0v) is 22.2. The van der Waals surface area contributed by atoms with E-state index in [0.717, 1.165) is 39.1 Å². The molecule has 4 rings (SSSR count). The minimum atomic E-state index is 0.509. The highest BCUT2D eigenvalue weighted by Crippen LogP contribution is 2.42. The SMILES string of the molecule is CNCc1cc(OC)cc(-c2nccc(-c3cccc(-c4ccc(CNC)c(OC)n4)c3Cl)c2Cl)c1. The van der Waals surface area contributed by atoms with Crippen LogP contribution in [0.3, 0.4) is 0 Å². The van der Waals surface area contributed by atoms with Crippen molar-refractivity contribution in [1.82, 2.24) is 20.6 Å². The summed E-state index contributed by atoms with van der Waals surface area (Å²) in [7, 11) is 7.04. The fraction of sp³-hybridized carbons (Fsp3) is 0.214. The first-order valence-corrected chi connectivity index (χ1v) is 12.2. The van der Waals surface area contributed by atoms with E-state index in [1.165, 1.54) is 0 Å². The van der Waals surface area contributed by atoms with Gasteiger partial charge in [-0.15, -0.1) is 0 Å². The van der Waals surface area contributed by atoms with Crippen LogP contribution in [0, 0.1) is 0 Å². The summed E-state index contributed by atoms with van der Waals surface area (Å²) in [6.07, 6.45) is 1.74. The van der Waals surface area contributed by atoms with Crippen molar-refractivity contribution in [2.24, 2.45) is 0 Å². The van der Waals surface area contributed by atoms with Gasteiger partial charge in [0.25, 0.3) is 0 Å². The molecule has 0 fully saturated rings. The van der Waals surface area contributed by atoms with E-state index in [-0.39, 0.29) is 0 Å². The van der Waals surface area contributed by atoms with Gasteiger partial charge in [0.1, 0.15) is 5.75 Å². The molecular weight excluding hydrogens is 495 g/mol. The lowest BCUT2D eigenvalue weighted by Crippen LogP contribution is -2.07. The van der Waals surface area contributed by atoms with Crippen LogP contribution >= 0.6 is 23.2 Å². The van der Waals surface area contributed by atoms with Gasteiger partial charge in [0, 0.05) is 47.1 Å². The molecule has 0 aliphatic heterocycles. The average molecular weight is 523 g/mol. The van der Waals surface area contributed by atoms with Gasteiger partial charge in [0.2, 0.25) is 5.88 Å². The lowest BCUT2D eigenvalue weighted by molar-refractivity contribution is 0.392. The molecule has 0 saturated heterocycles. The molecule has 0 aliphatic rings. The first-order chi connectivity index (χ1) is 17.5. The van der Waals surface area contributed by atoms with E-state index in [2.05, 4.69) is 21.7 Å². The summed E-state index contributed by atoms with van der Waals surface area (Å²) in [5.41, 5.74) is 6.63. The Balaban J connectivity index is 1.80. The fourth-order valence-corrected chi connectivity index (χ4v) is 4.78. The molecule has 2 aromatic heterocycles. The zero-order chi connectivity index (χ0) is 25.7. The highest BCUT2D eigenvalue weighted by atomic mass is 35.5. The van der Waals surface area contributed by atoms with E-state index in [4.69, 9.17) is 37.7 Å². The summed E-state index contributed by atoms with van der Waals surface area (Å²) >= 11 is 13.9. The molecule has 2 heterocycles. The van der Waals surface area contributed by atoms with E-state index < -0.39 is 0 Å². The van der Waals surface area contributed by atoms with Gasteiger partial charge >= 0.3 is 0 Å². The van der Waals surface area contributed by atoms with Crippen molar-refractivity contribution in [3.05, 3.63) is 82.0 Å². The molecule has 8 heteroatoms. The van der Waals surface area contributed by atoms with Crippen LogP contribution in [0.15, 0.2) is 60.8 Å². The Labute approximate surface area is 221 Å². The molecule has 0 radical (unpaired) electrons. The topological polar surface area (TPSA) is 68.3 Å². The molecule has 0 amide bonds. The zero-order valence-electron chi connectivity index (χ0n) is 20.7. The monoisotopic (exact) mass is 522 g/mol. The van der Waals surface area contributed by atoms with Crippen molar-refractivity contribution in [2.45, 2.75) is 13.1 Å². The summed E-state index contributed by atoms with van der Waals surface area (Å²) in [5, 5.41) is 7.35. The molecule has 0 spiro atoms. The van der Waals surface area contributed by atoms with Crippen molar-refractivity contribution in [3.63, 3.8) is 0 Å². The summed E-state index contributed by atoms with van der Waals surface area (Å²) in [4.78, 5) is 9.28. The molecule has 186 valence electrons. The molecule has 4 aromatic rings. The minimum absolute atomic E-state index is 0.509. The lowest BCUT2D eigenvalue weighted by atomic mass is 9.99. The molecular formula is C28H28Cl2N4O2. The van der Waals surface area contributed by atoms with Gasteiger partial charge in [-0.1, -0.05) is 47.5 Å². The Bertz CT molecular complexity index is 1380. The Morgan fingerprint density at radius 2 is 1.56 bits per heavy atom. The first-order valence-electron chi connectivity index (χ1n) is 11.5. The molecule has 0 atom stereocenters. The largest absolute Gasteiger partial charge is 0.497 e. The van der Waals surface area contributed by atoms with Crippen LogP contribution in [0.4, 0.5) is 0 Å². The van der Waals surface area contributed by atoms with E-state index in [9.17, 15) is 0 Å². The molecule has 2 N–H and O–H groups in total. The third-order valence-corrected chi connectivity index (χ3v) is 6.60. The number of halogens is 2. The van der Waals surface area contributed by atoms with Gasteiger partial charge in [-0.2, -0.15) is 0 Å². The van der Waals surface area contributed by atoms with Crippen LogP contribution in [-0.4, -0.2) is 38.3 Å². The maximum absolute atomic E-state index is 6.96. The highest BCUT2D eigenvalue weighted by molar-refractivity contribution is 6.39. The second kappa shape index (κ2) is 11.7. The predicted octanol–water partition coefficient (Wildman–Crippen LogP) is 6.24. The molecule has 36 heavy (non-hydrogen) atoms. The van der Waals surface area contributed by atoms with Crippen molar-refractivity contribution in [2.75, 3.05) is 28.3 Å². The summed E-state index contributed by atoms with van der Waals surface area (Å²) < 4.78 is 11.0. The number of hydrogen-bond acceptors (Lipinski definition) is 6. The Morgan fingerprint density at radius 1 is 0.806 bits per heavy atom. The number of nitrogens with zero attached hydrogens (tertiary/aromatic N) is 2. The summed E-state index contributed by atoms with van der Waals surface area (Å²) in [6, 6.07) is 17.6. The van der Waals surface area contributed by atoms with Crippen LogP contribution in [-0.2, 0) is 13.1 Å². The maximum atomic E-state index is 6.96. The molecule has 0 saturated carbocycles. The van der Waals surface area contributed by atoms with Crippen LogP contribution in [0.5, 0.6) is 11.6 Å². The number of nitrogens with one attached hydrogen (secondary N) is 2. The Kier molecular flexibility index (Phi) is 8.44. The van der Waals surface area contributed by atoms with E-state index in [0.29, 0.717) is 40.4 Å². The van der Waals surface area contributed by atoms with Crippen molar-refractivity contribution in [3.8, 4) is 45.3 Å². The third-order valence-electron chi connectivity index (χ3n) is 5.81. The van der Waals surface area contributed by atoms with Crippen molar-refractivity contribution in [1.29, 1.82) is 0 Å². The number of ether oxygens (including phenoxy) is 2. The van der Waals surface area contributed by atoms with Gasteiger partial charge in [-0.25, -0.2) is 4.98 Å². The first kappa shape index (κ1) is 25.9. The van der Waals surface area contributed by atoms with Gasteiger partial charge < -0.3 is 20.1 Å². The van der Waals surface area contributed by atoms with Gasteiger partial charge in [0.15, 0.2) is 0 Å². The number of pyridine rings is 2. The fourth-order valence-electron chi connectivity index (χ4n) is 4.13. The van der Waals surface area contributed by atoms with E-state index >= 15 is 0 Å². The van der Waals surface area contributed by atoms with E-state index in [1.54, 1.807) is 20.4 Å². The van der Waals surface area contributed by atoms with Gasteiger partial charge in [0.05, 0.1) is 35.7 Å². The summed E-state index contributed by atoms with van der Waals surface area (Å²) in [6.45, 7) is 1.35. The third kappa shape index (κ3) is 5.32. The smallest absolute Gasteiger partial charge is 0.218 e. The number of rotatable bonds is 9. The Morgan fingerprint density at radius 3 is 2.28 bits per heavy atom. The number of methoxy groups -OCH3 is 2. The highest BCUT2D eigenvalue weighted by Gasteiger charge is 2.18. The molecule has 2 aromatic carbocycles. The van der Waals surface area contributed by atoms with Crippen LogP contribution in [0.1, 0.15) is 11.1 Å². The van der Waals surface area contributed by atoms with Crippen LogP contribution in [0.2, 0.25) is 10.0 Å². The predicted molar refractivity (Wildman–Crippen MR) is 147 cm³/mol. The van der Waals surface area contributed by atoms with Gasteiger partial charge in [-0.3, -0.25) is 4.98 Å². The molecule has 6 nitrogen and oxygen atoms in total. The second-order valence-corrected chi connectivity index (χ2v) is 8.94. The molecule has 0 bridgehead atoms. The second-order valence-electron chi connectivity index (χ2n) is 8.18.